The second kappa shape index (κ2) is 10.2. The van der Waals surface area contributed by atoms with Gasteiger partial charge in [-0.3, -0.25) is 24.0 Å². The van der Waals surface area contributed by atoms with Crippen LogP contribution in [-0.4, -0.2) is 38.9 Å². The van der Waals surface area contributed by atoms with Crippen LogP contribution < -0.4 is 5.32 Å². The molecule has 0 saturated carbocycles. The average Bonchev–Trinajstić information content (AvgIpc) is 3.27. The molecule has 0 saturated heterocycles. The van der Waals surface area contributed by atoms with E-state index < -0.39 is 5.82 Å². The predicted octanol–water partition coefficient (Wildman–Crippen LogP) is 4.83. The Hall–Kier alpha value is -3.52. The summed E-state index contributed by atoms with van der Waals surface area (Å²) in [6.45, 7) is 2.30. The van der Waals surface area contributed by atoms with Crippen molar-refractivity contribution in [2.45, 2.75) is 39.2 Å². The largest absolute Gasteiger partial charge is 0.309 e. The number of amides is 3. The van der Waals surface area contributed by atoms with Crippen molar-refractivity contribution < 1.29 is 18.8 Å². The van der Waals surface area contributed by atoms with Crippen LogP contribution in [0.15, 0.2) is 48.5 Å². The molecule has 0 radical (unpaired) electrons. The van der Waals surface area contributed by atoms with Crippen LogP contribution in [0.3, 0.4) is 0 Å². The normalized spacial score (nSPS) is 12.9. The highest BCUT2D eigenvalue weighted by Crippen LogP contribution is 2.23. The molecule has 1 aliphatic rings. The van der Waals surface area contributed by atoms with Crippen molar-refractivity contribution in [1.82, 2.24) is 14.7 Å². The molecule has 2 aromatic carbocycles. The van der Waals surface area contributed by atoms with Crippen molar-refractivity contribution in [3.05, 3.63) is 81.8 Å². The summed E-state index contributed by atoms with van der Waals surface area (Å²) in [6.07, 6.45) is 2.21. The lowest BCUT2D eigenvalue weighted by atomic mass is 10.1. The van der Waals surface area contributed by atoms with E-state index in [0.717, 1.165) is 5.69 Å². The van der Waals surface area contributed by atoms with Crippen LogP contribution in [0.2, 0.25) is 5.02 Å². The third kappa shape index (κ3) is 5.02. The number of nitrogens with zero attached hydrogens (tertiary/aromatic N) is 3. The Morgan fingerprint density at radius 1 is 1.03 bits per heavy atom. The molecule has 0 unspecified atom stereocenters. The van der Waals surface area contributed by atoms with Crippen molar-refractivity contribution >= 4 is 35.1 Å². The van der Waals surface area contributed by atoms with Crippen LogP contribution in [0.4, 0.5) is 10.2 Å². The Bertz CT molecular complexity index is 1200. The van der Waals surface area contributed by atoms with Gasteiger partial charge >= 0.3 is 0 Å². The van der Waals surface area contributed by atoms with E-state index in [1.165, 1.54) is 11.0 Å². The van der Waals surface area contributed by atoms with E-state index in [1.54, 1.807) is 47.1 Å². The molecule has 7 nitrogen and oxygen atoms in total. The molecule has 0 aliphatic carbocycles. The van der Waals surface area contributed by atoms with Crippen molar-refractivity contribution in [2.24, 2.45) is 0 Å². The van der Waals surface area contributed by atoms with Gasteiger partial charge in [-0.15, -0.1) is 0 Å². The molecule has 4 rings (SSSR count). The summed E-state index contributed by atoms with van der Waals surface area (Å²) in [5.74, 6) is -0.730. The number of anilines is 1. The number of benzene rings is 2. The minimum absolute atomic E-state index is 0.158. The van der Waals surface area contributed by atoms with E-state index >= 15 is 0 Å². The molecule has 1 aliphatic heterocycles. The highest BCUT2D eigenvalue weighted by molar-refractivity contribution is 6.31. The molecule has 2 heterocycles. The number of carbonyl (C=O) groups excluding carboxylic acids is 3. The summed E-state index contributed by atoms with van der Waals surface area (Å²) in [6, 6.07) is 13.0. The number of hydrogen-bond donors (Lipinski definition) is 1. The number of hydrogen-bond acceptors (Lipinski definition) is 4. The third-order valence-corrected chi connectivity index (χ3v) is 6.14. The molecule has 1 aromatic heterocycles. The predicted molar refractivity (Wildman–Crippen MR) is 126 cm³/mol. The first-order valence-corrected chi connectivity index (χ1v) is 11.5. The monoisotopic (exact) mass is 482 g/mol. The van der Waals surface area contributed by atoms with Gasteiger partial charge in [-0.05, 0) is 44.0 Å². The van der Waals surface area contributed by atoms with E-state index in [0.29, 0.717) is 53.3 Å². The number of aromatic nitrogens is 2. The van der Waals surface area contributed by atoms with Gasteiger partial charge in [0.2, 0.25) is 5.91 Å². The van der Waals surface area contributed by atoms with Gasteiger partial charge in [-0.1, -0.05) is 36.2 Å². The smallest absolute Gasteiger partial charge is 0.261 e. The Labute approximate surface area is 201 Å². The van der Waals surface area contributed by atoms with Gasteiger partial charge in [-0.25, -0.2) is 4.39 Å². The van der Waals surface area contributed by atoms with Gasteiger partial charge in [0.15, 0.2) is 5.82 Å². The second-order valence-electron chi connectivity index (χ2n) is 8.20. The van der Waals surface area contributed by atoms with E-state index in [-0.39, 0.29) is 30.7 Å². The van der Waals surface area contributed by atoms with Crippen LogP contribution in [0, 0.1) is 12.7 Å². The van der Waals surface area contributed by atoms with Gasteiger partial charge in [0.25, 0.3) is 11.8 Å². The first kappa shape index (κ1) is 23.6. The molecule has 0 atom stereocenters. The zero-order valence-corrected chi connectivity index (χ0v) is 19.4. The number of unbranched alkanes of at least 4 members (excludes halogenated alkanes) is 2. The molecule has 0 fully saturated rings. The highest BCUT2D eigenvalue weighted by atomic mass is 35.5. The molecule has 34 heavy (non-hydrogen) atoms. The standard InChI is InChI=1S/C25H24ClFN4O3/c1-16-14-22(29-31(16)15-19-20(26)10-7-11-21(19)27)28-23(32)12-3-2-6-13-30-24(33)17-8-4-5-9-18(17)25(30)34/h4-5,7-11,14H,2-3,6,12-13,15H2,1H3,(H,28,29,32). The lowest BCUT2D eigenvalue weighted by Gasteiger charge is -2.13. The minimum atomic E-state index is -0.408. The maximum absolute atomic E-state index is 14.1. The van der Waals surface area contributed by atoms with Gasteiger partial charge in [0.1, 0.15) is 5.82 Å². The van der Waals surface area contributed by atoms with Crippen molar-refractivity contribution in [3.63, 3.8) is 0 Å². The zero-order chi connectivity index (χ0) is 24.2. The van der Waals surface area contributed by atoms with Crippen LogP contribution in [0.25, 0.3) is 0 Å². The number of fused-ring (bicyclic) bond motifs is 1. The Balaban J connectivity index is 1.22. The number of rotatable bonds is 9. The van der Waals surface area contributed by atoms with Crippen LogP contribution in [-0.2, 0) is 11.3 Å². The van der Waals surface area contributed by atoms with Crippen molar-refractivity contribution in [3.8, 4) is 0 Å². The van der Waals surface area contributed by atoms with Gasteiger partial charge in [-0.2, -0.15) is 5.10 Å². The molecule has 9 heteroatoms. The number of aryl methyl sites for hydroxylation is 1. The van der Waals surface area contributed by atoms with Crippen LogP contribution in [0.5, 0.6) is 0 Å². The molecule has 0 bridgehead atoms. The summed E-state index contributed by atoms with van der Waals surface area (Å²) in [4.78, 5) is 38.3. The first-order valence-electron chi connectivity index (χ1n) is 11.1. The zero-order valence-electron chi connectivity index (χ0n) is 18.7. The molecule has 176 valence electrons. The summed E-state index contributed by atoms with van der Waals surface area (Å²) in [5, 5.41) is 7.42. The Kier molecular flexibility index (Phi) is 7.07. The number of halogens is 2. The third-order valence-electron chi connectivity index (χ3n) is 5.78. The topological polar surface area (TPSA) is 84.3 Å². The summed E-state index contributed by atoms with van der Waals surface area (Å²) in [7, 11) is 0. The Morgan fingerprint density at radius 2 is 1.74 bits per heavy atom. The van der Waals surface area contributed by atoms with Gasteiger partial charge in [0, 0.05) is 35.3 Å². The lowest BCUT2D eigenvalue weighted by molar-refractivity contribution is -0.116. The fourth-order valence-electron chi connectivity index (χ4n) is 3.94. The van der Waals surface area contributed by atoms with E-state index in [1.807, 2.05) is 6.92 Å². The SMILES string of the molecule is Cc1cc(NC(=O)CCCCCN2C(=O)c3ccccc3C2=O)nn1Cc1c(F)cccc1Cl. The summed E-state index contributed by atoms with van der Waals surface area (Å²) < 4.78 is 15.6. The minimum Gasteiger partial charge on any atom is -0.309 e. The maximum atomic E-state index is 14.1. The maximum Gasteiger partial charge on any atom is 0.261 e. The van der Waals surface area contributed by atoms with E-state index in [4.69, 9.17) is 11.6 Å². The average molecular weight is 483 g/mol. The number of carbonyl (C=O) groups is 3. The molecule has 0 spiro atoms. The van der Waals surface area contributed by atoms with Crippen LogP contribution in [0.1, 0.15) is 57.7 Å². The summed E-state index contributed by atoms with van der Waals surface area (Å²) >= 11 is 6.10. The molecular formula is C25H24ClFN4O3. The first-order chi connectivity index (χ1) is 16.3. The van der Waals surface area contributed by atoms with E-state index in [9.17, 15) is 18.8 Å². The van der Waals surface area contributed by atoms with Crippen LogP contribution >= 0.6 is 11.6 Å². The molecule has 3 aromatic rings. The fraction of sp³-hybridized carbons (Fsp3) is 0.280. The molecule has 3 amide bonds. The lowest BCUT2D eigenvalue weighted by Crippen LogP contribution is -2.30. The van der Waals surface area contributed by atoms with Gasteiger partial charge in [0.05, 0.1) is 17.7 Å². The van der Waals surface area contributed by atoms with Gasteiger partial charge < -0.3 is 5.32 Å². The van der Waals surface area contributed by atoms with Crippen molar-refractivity contribution in [1.29, 1.82) is 0 Å². The fourth-order valence-corrected chi connectivity index (χ4v) is 4.17. The quantitative estimate of drug-likeness (QED) is 0.350. The Morgan fingerprint density at radius 3 is 2.41 bits per heavy atom. The summed E-state index contributed by atoms with van der Waals surface area (Å²) in [5.41, 5.74) is 1.99. The molecule has 1 N–H and O–H groups in total. The number of nitrogens with one attached hydrogen (secondary N) is 1. The molecular weight excluding hydrogens is 459 g/mol. The number of imide groups is 1. The van der Waals surface area contributed by atoms with Crippen molar-refractivity contribution in [2.75, 3.05) is 11.9 Å². The second-order valence-corrected chi connectivity index (χ2v) is 8.60. The highest BCUT2D eigenvalue weighted by Gasteiger charge is 2.34. The van der Waals surface area contributed by atoms with E-state index in [2.05, 4.69) is 10.4 Å².